The molecule has 1 aliphatic heterocycles. The van der Waals surface area contributed by atoms with Crippen LogP contribution in [0.3, 0.4) is 0 Å². The van der Waals surface area contributed by atoms with Crippen molar-refractivity contribution in [3.63, 3.8) is 0 Å². The highest BCUT2D eigenvalue weighted by molar-refractivity contribution is 7.54. The van der Waals surface area contributed by atoms with Gasteiger partial charge in [0.05, 0.1) is 26.7 Å². The van der Waals surface area contributed by atoms with Gasteiger partial charge in [0.2, 0.25) is 11.8 Å². The van der Waals surface area contributed by atoms with Crippen LogP contribution in [0.25, 0.3) is 11.2 Å². The number of hydrogen-bond donors (Lipinski definition) is 5. The van der Waals surface area contributed by atoms with Crippen molar-refractivity contribution in [1.82, 2.24) is 29.7 Å². The fraction of sp³-hybridized carbons (Fsp3) is 0.739. The average molecular weight is 572 g/mol. The molecule has 3 heterocycles. The van der Waals surface area contributed by atoms with Crippen molar-refractivity contribution < 1.29 is 38.3 Å². The molecule has 2 unspecified atom stereocenters. The monoisotopic (exact) mass is 571 g/mol. The van der Waals surface area contributed by atoms with E-state index in [9.17, 15) is 19.6 Å². The van der Waals surface area contributed by atoms with Crippen LogP contribution < -0.4 is 20.6 Å². The number of imidazole rings is 1. The minimum Gasteiger partial charge on any atom is -0.479 e. The van der Waals surface area contributed by atoms with Gasteiger partial charge in [-0.1, -0.05) is 12.8 Å². The van der Waals surface area contributed by atoms with Crippen LogP contribution in [-0.4, -0.2) is 85.4 Å². The lowest BCUT2D eigenvalue weighted by atomic mass is 9.96. The molecule has 16 heteroatoms. The summed E-state index contributed by atoms with van der Waals surface area (Å²) in [6.45, 7) is 6.51. The zero-order valence-electron chi connectivity index (χ0n) is 22.8. The molecule has 5 atom stereocenters. The Morgan fingerprint density at radius 2 is 2.05 bits per heavy atom. The van der Waals surface area contributed by atoms with Crippen molar-refractivity contribution >= 4 is 30.8 Å². The largest absolute Gasteiger partial charge is 0.479 e. The van der Waals surface area contributed by atoms with Gasteiger partial charge in [-0.3, -0.25) is 13.9 Å². The van der Waals surface area contributed by atoms with Crippen LogP contribution in [0.5, 0.6) is 5.88 Å². The highest BCUT2D eigenvalue weighted by Crippen LogP contribution is 2.47. The number of nitrogens with one attached hydrogen (secondary N) is 2. The maximum absolute atomic E-state index is 14.0. The lowest BCUT2D eigenvalue weighted by Crippen LogP contribution is -2.52. The number of nitrogens with zero attached hydrogens (tertiary/aromatic N) is 4. The summed E-state index contributed by atoms with van der Waals surface area (Å²) in [5.41, 5.74) is 3.34. The second-order valence-corrected chi connectivity index (χ2v) is 12.2. The van der Waals surface area contributed by atoms with Crippen LogP contribution >= 0.6 is 7.67 Å². The zero-order valence-corrected chi connectivity index (χ0v) is 23.7. The highest BCUT2D eigenvalue weighted by atomic mass is 31.2. The first-order valence-corrected chi connectivity index (χ1v) is 14.6. The molecule has 218 valence electrons. The number of nitrogens with two attached hydrogens (primary N) is 1. The third kappa shape index (κ3) is 5.75. The minimum atomic E-state index is -3.87. The number of rotatable bonds is 11. The number of carbonyl (C=O) groups is 1. The molecule has 4 rings (SSSR count). The van der Waals surface area contributed by atoms with Crippen molar-refractivity contribution in [2.45, 2.75) is 89.0 Å². The summed E-state index contributed by atoms with van der Waals surface area (Å²) >= 11 is 0. The number of aromatic nitrogens is 4. The Kier molecular flexibility index (Phi) is 8.53. The number of methoxy groups -OCH3 is 1. The molecule has 1 saturated heterocycles. The molecule has 0 bridgehead atoms. The standard InChI is InChI=1S/C23H38N7O8P/c1-6-36-20(32)23(9-7-8-10-23)29-39(34,28-13(2)3)37-11-14-16(31)22(4,33)19(38-14)30-12-25-15-17(30)26-21(24)27-18(15)35-5/h12-14,16,19,31,33H,6-11H2,1-5H3,(H2,24,26,27)(H2,28,29,34)/t14-,16?,19-,22+,39?/m1/s1. The van der Waals surface area contributed by atoms with Crippen molar-refractivity contribution in [2.75, 3.05) is 26.1 Å². The Hall–Kier alpha value is -2.39. The van der Waals surface area contributed by atoms with Crippen LogP contribution in [0.4, 0.5) is 5.95 Å². The molecule has 2 aromatic heterocycles. The number of anilines is 1. The molecule has 0 radical (unpaired) electrons. The van der Waals surface area contributed by atoms with Crippen LogP contribution in [-0.2, 0) is 23.4 Å². The van der Waals surface area contributed by atoms with E-state index in [1.54, 1.807) is 20.8 Å². The predicted octanol–water partition coefficient (Wildman–Crippen LogP) is 1.01. The molecular weight excluding hydrogens is 533 g/mol. The first-order valence-electron chi connectivity index (χ1n) is 12.9. The molecule has 1 aliphatic carbocycles. The van der Waals surface area contributed by atoms with Gasteiger partial charge < -0.3 is 34.7 Å². The number of aliphatic hydroxyl groups is 2. The summed E-state index contributed by atoms with van der Waals surface area (Å²) in [5, 5.41) is 28.1. The normalized spacial score (nSPS) is 28.2. The Balaban J connectivity index is 1.57. The highest BCUT2D eigenvalue weighted by Gasteiger charge is 2.55. The summed E-state index contributed by atoms with van der Waals surface area (Å²) in [7, 11) is -2.46. The molecule has 15 nitrogen and oxygen atoms in total. The number of nitrogen functional groups attached to an aromatic ring is 1. The van der Waals surface area contributed by atoms with Crippen molar-refractivity contribution in [3.8, 4) is 5.88 Å². The smallest absolute Gasteiger partial charge is 0.342 e. The molecule has 1 saturated carbocycles. The summed E-state index contributed by atoms with van der Waals surface area (Å²) < 4.78 is 37.8. The fourth-order valence-corrected chi connectivity index (χ4v) is 7.23. The Bertz CT molecular complexity index is 1230. The summed E-state index contributed by atoms with van der Waals surface area (Å²) in [6.07, 6.45) is 0.0817. The first-order chi connectivity index (χ1) is 18.4. The Morgan fingerprint density at radius 3 is 2.67 bits per heavy atom. The molecule has 39 heavy (non-hydrogen) atoms. The Morgan fingerprint density at radius 1 is 1.36 bits per heavy atom. The molecule has 6 N–H and O–H groups in total. The second-order valence-electron chi connectivity index (χ2n) is 10.4. The SMILES string of the molecule is CCOC(=O)C1(NP(=O)(NC(C)C)OC[C@H]2O[C@@H](n3cnc4c(OC)nc(N)nc43)[C@@](C)(O)C2O)CCCC1. The molecule has 0 spiro atoms. The average Bonchev–Trinajstić information content (AvgIpc) is 3.55. The van der Waals surface area contributed by atoms with Gasteiger partial charge in [-0.2, -0.15) is 9.97 Å². The predicted molar refractivity (Wildman–Crippen MR) is 140 cm³/mol. The topological polar surface area (TPSA) is 205 Å². The van der Waals surface area contributed by atoms with E-state index >= 15 is 0 Å². The molecule has 2 aliphatic rings. The van der Waals surface area contributed by atoms with Gasteiger partial charge in [0.15, 0.2) is 17.4 Å². The number of ether oxygens (including phenoxy) is 3. The molecule has 0 amide bonds. The third-order valence-corrected chi connectivity index (χ3v) is 9.03. The maximum Gasteiger partial charge on any atom is 0.342 e. The van der Waals surface area contributed by atoms with E-state index in [4.69, 9.17) is 24.5 Å². The van der Waals surface area contributed by atoms with E-state index in [1.807, 2.05) is 0 Å². The quantitative estimate of drug-likeness (QED) is 0.189. The molecule has 2 fully saturated rings. The van der Waals surface area contributed by atoms with Gasteiger partial charge in [-0.25, -0.2) is 15.2 Å². The van der Waals surface area contributed by atoms with Crippen LogP contribution in [0.2, 0.25) is 0 Å². The van der Waals surface area contributed by atoms with Gasteiger partial charge in [0.1, 0.15) is 23.3 Å². The van der Waals surface area contributed by atoms with E-state index in [-0.39, 0.29) is 42.2 Å². The van der Waals surface area contributed by atoms with Gasteiger partial charge >= 0.3 is 13.6 Å². The number of fused-ring (bicyclic) bond motifs is 1. The zero-order chi connectivity index (χ0) is 28.6. The minimum absolute atomic E-state index is 0.0756. The maximum atomic E-state index is 14.0. The third-order valence-electron chi connectivity index (χ3n) is 6.94. The summed E-state index contributed by atoms with van der Waals surface area (Å²) in [5.74, 6) is -0.419. The fourth-order valence-electron chi connectivity index (χ4n) is 5.11. The van der Waals surface area contributed by atoms with Gasteiger partial charge in [0, 0.05) is 6.04 Å². The lowest BCUT2D eigenvalue weighted by molar-refractivity contribution is -0.150. The number of carbonyl (C=O) groups excluding carboxylic acids is 1. The Labute approximate surface area is 226 Å². The van der Waals surface area contributed by atoms with E-state index in [0.29, 0.717) is 12.8 Å². The van der Waals surface area contributed by atoms with Gasteiger partial charge in [-0.15, -0.1) is 0 Å². The van der Waals surface area contributed by atoms with Gasteiger partial charge in [0.25, 0.3) is 0 Å². The van der Waals surface area contributed by atoms with E-state index in [0.717, 1.165) is 12.8 Å². The van der Waals surface area contributed by atoms with E-state index in [2.05, 4.69) is 25.1 Å². The van der Waals surface area contributed by atoms with E-state index < -0.39 is 43.2 Å². The van der Waals surface area contributed by atoms with Crippen molar-refractivity contribution in [1.29, 1.82) is 0 Å². The molecule has 2 aromatic rings. The summed E-state index contributed by atoms with van der Waals surface area (Å²) in [6, 6.07) is -0.272. The number of esters is 1. The number of hydrogen-bond acceptors (Lipinski definition) is 12. The number of aliphatic hydroxyl groups excluding tert-OH is 1. The van der Waals surface area contributed by atoms with E-state index in [1.165, 1.54) is 24.9 Å². The van der Waals surface area contributed by atoms with Crippen LogP contribution in [0.15, 0.2) is 6.33 Å². The lowest BCUT2D eigenvalue weighted by Gasteiger charge is -2.34. The van der Waals surface area contributed by atoms with Crippen LogP contribution in [0, 0.1) is 0 Å². The van der Waals surface area contributed by atoms with Crippen LogP contribution in [0.1, 0.15) is 59.6 Å². The van der Waals surface area contributed by atoms with Crippen molar-refractivity contribution in [3.05, 3.63) is 6.33 Å². The summed E-state index contributed by atoms with van der Waals surface area (Å²) in [4.78, 5) is 25.3. The second kappa shape index (κ2) is 11.2. The van der Waals surface area contributed by atoms with Crippen molar-refractivity contribution in [2.24, 2.45) is 0 Å². The van der Waals surface area contributed by atoms with Gasteiger partial charge in [-0.05, 0) is 40.5 Å². The molecule has 0 aromatic carbocycles. The first kappa shape index (κ1) is 29.6. The molecular formula is C23H38N7O8P.